The third-order valence-corrected chi connectivity index (χ3v) is 2.71. The molecule has 6 heteroatoms. The molecule has 0 aliphatic carbocycles. The van der Waals surface area contributed by atoms with E-state index in [1.807, 2.05) is 13.8 Å². The molecule has 0 aliphatic rings. The fraction of sp³-hybridized carbons (Fsp3) is 0.583. The quantitative estimate of drug-likeness (QED) is 0.819. The van der Waals surface area contributed by atoms with Gasteiger partial charge in [-0.1, -0.05) is 20.8 Å². The van der Waals surface area contributed by atoms with Gasteiger partial charge in [0.1, 0.15) is 5.69 Å². The summed E-state index contributed by atoms with van der Waals surface area (Å²) in [5.74, 6) is -1.59. The van der Waals surface area contributed by atoms with Crippen molar-refractivity contribution in [2.24, 2.45) is 13.0 Å². The topological polar surface area (TPSA) is 84.2 Å². The SMILES string of the molecule is CC(CNC(=O)c1cc(C(C)C)nn1C)C(=O)O. The zero-order valence-corrected chi connectivity index (χ0v) is 11.1. The van der Waals surface area contributed by atoms with E-state index in [0.717, 1.165) is 5.69 Å². The number of aromatic nitrogens is 2. The van der Waals surface area contributed by atoms with Crippen LogP contribution in [0.25, 0.3) is 0 Å². The average molecular weight is 253 g/mol. The molecule has 1 aromatic heterocycles. The Kier molecular flexibility index (Phi) is 4.47. The Hall–Kier alpha value is -1.85. The van der Waals surface area contributed by atoms with E-state index in [-0.39, 0.29) is 18.4 Å². The Balaban J connectivity index is 2.70. The summed E-state index contributed by atoms with van der Waals surface area (Å²) in [7, 11) is 1.70. The molecule has 0 bridgehead atoms. The second-order valence-corrected chi connectivity index (χ2v) is 4.68. The summed E-state index contributed by atoms with van der Waals surface area (Å²) < 4.78 is 1.51. The van der Waals surface area contributed by atoms with Crippen molar-refractivity contribution in [2.75, 3.05) is 6.54 Å². The van der Waals surface area contributed by atoms with Crippen molar-refractivity contribution in [3.8, 4) is 0 Å². The van der Waals surface area contributed by atoms with Crippen molar-refractivity contribution in [1.29, 1.82) is 0 Å². The predicted molar refractivity (Wildman–Crippen MR) is 66.4 cm³/mol. The molecule has 0 aliphatic heterocycles. The lowest BCUT2D eigenvalue weighted by molar-refractivity contribution is -0.140. The van der Waals surface area contributed by atoms with Gasteiger partial charge in [-0.25, -0.2) is 0 Å². The van der Waals surface area contributed by atoms with E-state index in [1.54, 1.807) is 20.0 Å². The average Bonchev–Trinajstić information content (AvgIpc) is 2.67. The summed E-state index contributed by atoms with van der Waals surface area (Å²) in [6.07, 6.45) is 0. The maximum Gasteiger partial charge on any atom is 0.308 e. The highest BCUT2D eigenvalue weighted by atomic mass is 16.4. The Labute approximate surface area is 106 Å². The molecule has 1 amide bonds. The number of aryl methyl sites for hydroxylation is 1. The maximum absolute atomic E-state index is 11.9. The van der Waals surface area contributed by atoms with Crippen LogP contribution in [0.5, 0.6) is 0 Å². The van der Waals surface area contributed by atoms with E-state index in [0.29, 0.717) is 5.69 Å². The number of aliphatic carboxylic acids is 1. The Morgan fingerprint density at radius 2 is 2.06 bits per heavy atom. The second kappa shape index (κ2) is 5.66. The largest absolute Gasteiger partial charge is 0.481 e. The van der Waals surface area contributed by atoms with Crippen LogP contribution in [0.1, 0.15) is 42.9 Å². The summed E-state index contributed by atoms with van der Waals surface area (Å²) >= 11 is 0. The van der Waals surface area contributed by atoms with E-state index in [1.165, 1.54) is 4.68 Å². The fourth-order valence-corrected chi connectivity index (χ4v) is 1.41. The van der Waals surface area contributed by atoms with Crippen LogP contribution in [0.2, 0.25) is 0 Å². The van der Waals surface area contributed by atoms with E-state index < -0.39 is 11.9 Å². The Bertz CT molecular complexity index is 451. The summed E-state index contributed by atoms with van der Waals surface area (Å²) in [4.78, 5) is 22.5. The Morgan fingerprint density at radius 1 is 1.44 bits per heavy atom. The zero-order valence-electron chi connectivity index (χ0n) is 11.1. The number of carboxylic acids is 1. The summed E-state index contributed by atoms with van der Waals surface area (Å²) in [5.41, 5.74) is 1.28. The van der Waals surface area contributed by atoms with Gasteiger partial charge < -0.3 is 10.4 Å². The molecule has 2 N–H and O–H groups in total. The van der Waals surface area contributed by atoms with Gasteiger partial charge in [0, 0.05) is 13.6 Å². The number of carbonyl (C=O) groups excluding carboxylic acids is 1. The van der Waals surface area contributed by atoms with Crippen molar-refractivity contribution >= 4 is 11.9 Å². The van der Waals surface area contributed by atoms with Gasteiger partial charge in [0.15, 0.2) is 0 Å². The van der Waals surface area contributed by atoms with Crippen LogP contribution in [-0.2, 0) is 11.8 Å². The highest BCUT2D eigenvalue weighted by Crippen LogP contribution is 2.13. The molecule has 100 valence electrons. The van der Waals surface area contributed by atoms with Crippen LogP contribution in [0, 0.1) is 5.92 Å². The number of hydrogen-bond acceptors (Lipinski definition) is 3. The first kappa shape index (κ1) is 14.2. The van der Waals surface area contributed by atoms with E-state index in [4.69, 9.17) is 5.11 Å². The molecule has 0 radical (unpaired) electrons. The van der Waals surface area contributed by atoms with Crippen molar-refractivity contribution in [1.82, 2.24) is 15.1 Å². The van der Waals surface area contributed by atoms with Crippen LogP contribution < -0.4 is 5.32 Å². The van der Waals surface area contributed by atoms with Gasteiger partial charge in [-0.05, 0) is 12.0 Å². The van der Waals surface area contributed by atoms with Crippen LogP contribution in [0.4, 0.5) is 0 Å². The van der Waals surface area contributed by atoms with Gasteiger partial charge in [0.05, 0.1) is 11.6 Å². The fourth-order valence-electron chi connectivity index (χ4n) is 1.41. The first-order valence-electron chi connectivity index (χ1n) is 5.87. The second-order valence-electron chi connectivity index (χ2n) is 4.68. The number of nitrogens with zero attached hydrogens (tertiary/aromatic N) is 2. The molecule has 0 saturated heterocycles. The third-order valence-electron chi connectivity index (χ3n) is 2.71. The highest BCUT2D eigenvalue weighted by Gasteiger charge is 2.17. The van der Waals surface area contributed by atoms with Gasteiger partial charge >= 0.3 is 5.97 Å². The van der Waals surface area contributed by atoms with Crippen molar-refractivity contribution in [3.63, 3.8) is 0 Å². The zero-order chi connectivity index (χ0) is 13.9. The third kappa shape index (κ3) is 3.32. The first-order valence-corrected chi connectivity index (χ1v) is 5.87. The molecule has 1 aromatic rings. The number of rotatable bonds is 5. The standard InChI is InChI=1S/C12H19N3O3/c1-7(2)9-5-10(15(4)14-9)11(16)13-6-8(3)12(17)18/h5,7-8H,6H2,1-4H3,(H,13,16)(H,17,18). The Morgan fingerprint density at radius 3 is 2.50 bits per heavy atom. The molecule has 1 atom stereocenters. The van der Waals surface area contributed by atoms with Gasteiger partial charge in [0.2, 0.25) is 0 Å². The monoisotopic (exact) mass is 253 g/mol. The van der Waals surface area contributed by atoms with Gasteiger partial charge in [-0.15, -0.1) is 0 Å². The van der Waals surface area contributed by atoms with Crippen molar-refractivity contribution in [3.05, 3.63) is 17.5 Å². The lowest BCUT2D eigenvalue weighted by Crippen LogP contribution is -2.32. The molecule has 0 saturated carbocycles. The van der Waals surface area contributed by atoms with Crippen LogP contribution in [0.15, 0.2) is 6.07 Å². The highest BCUT2D eigenvalue weighted by molar-refractivity contribution is 5.92. The molecule has 1 unspecified atom stereocenters. The number of carbonyl (C=O) groups is 2. The molecular formula is C12H19N3O3. The lowest BCUT2D eigenvalue weighted by Gasteiger charge is -2.08. The van der Waals surface area contributed by atoms with E-state index >= 15 is 0 Å². The van der Waals surface area contributed by atoms with Crippen molar-refractivity contribution in [2.45, 2.75) is 26.7 Å². The summed E-state index contributed by atoms with van der Waals surface area (Å²) in [5, 5.41) is 15.6. The summed E-state index contributed by atoms with van der Waals surface area (Å²) in [6, 6.07) is 1.73. The van der Waals surface area contributed by atoms with E-state index in [2.05, 4.69) is 10.4 Å². The van der Waals surface area contributed by atoms with Crippen LogP contribution in [-0.4, -0.2) is 33.3 Å². The molecule has 0 spiro atoms. The van der Waals surface area contributed by atoms with Crippen LogP contribution in [0.3, 0.4) is 0 Å². The minimum atomic E-state index is -0.928. The molecule has 18 heavy (non-hydrogen) atoms. The van der Waals surface area contributed by atoms with Gasteiger partial charge in [-0.3, -0.25) is 14.3 Å². The van der Waals surface area contributed by atoms with Gasteiger partial charge in [0.25, 0.3) is 5.91 Å². The minimum absolute atomic E-state index is 0.107. The number of carboxylic acid groups (broad SMARTS) is 1. The molecule has 0 aromatic carbocycles. The normalized spacial score (nSPS) is 12.5. The van der Waals surface area contributed by atoms with E-state index in [9.17, 15) is 9.59 Å². The maximum atomic E-state index is 11.9. The number of hydrogen-bond donors (Lipinski definition) is 2. The van der Waals surface area contributed by atoms with Crippen LogP contribution >= 0.6 is 0 Å². The smallest absolute Gasteiger partial charge is 0.308 e. The predicted octanol–water partition coefficient (Wildman–Crippen LogP) is 0.994. The van der Waals surface area contributed by atoms with Crippen molar-refractivity contribution < 1.29 is 14.7 Å². The first-order chi connectivity index (χ1) is 8.32. The number of amides is 1. The molecule has 1 heterocycles. The number of nitrogens with one attached hydrogen (secondary N) is 1. The molecular weight excluding hydrogens is 234 g/mol. The summed E-state index contributed by atoms with van der Waals surface area (Å²) in [6.45, 7) is 5.65. The molecule has 0 fully saturated rings. The molecule has 6 nitrogen and oxygen atoms in total. The lowest BCUT2D eigenvalue weighted by atomic mass is 10.1. The minimum Gasteiger partial charge on any atom is -0.481 e. The van der Waals surface area contributed by atoms with Gasteiger partial charge in [-0.2, -0.15) is 5.10 Å². The molecule has 1 rings (SSSR count).